The Morgan fingerprint density at radius 1 is 1.43 bits per heavy atom. The maximum Gasteiger partial charge on any atom is 0.306 e. The molecular formula is C14H15ClFNO4. The number of amides is 1. The molecule has 1 amide bonds. The highest BCUT2D eigenvalue weighted by Crippen LogP contribution is 2.25. The minimum atomic E-state index is -0.830. The molecule has 0 heterocycles. The van der Waals surface area contributed by atoms with Crippen molar-refractivity contribution >= 4 is 23.5 Å². The molecule has 5 nitrogen and oxygen atoms in total. The molecule has 1 aliphatic rings. The third-order valence-corrected chi connectivity index (χ3v) is 3.70. The maximum absolute atomic E-state index is 13.0. The summed E-state index contributed by atoms with van der Waals surface area (Å²) in [6.07, 6.45) is 1.64. The summed E-state index contributed by atoms with van der Waals surface area (Å²) in [6.45, 7) is -0.226. The van der Waals surface area contributed by atoms with Gasteiger partial charge in [0.25, 0.3) is 5.91 Å². The SMILES string of the molecule is O=C(COc1ccc(F)c(Cl)c1)N[C@@H]1CC[C@H](C(=O)O)C1. The molecule has 2 N–H and O–H groups in total. The maximum atomic E-state index is 13.0. The smallest absolute Gasteiger partial charge is 0.306 e. The summed E-state index contributed by atoms with van der Waals surface area (Å²) in [5.74, 6) is -1.83. The highest BCUT2D eigenvalue weighted by atomic mass is 35.5. The third kappa shape index (κ3) is 4.32. The van der Waals surface area contributed by atoms with Crippen LogP contribution < -0.4 is 10.1 Å². The second kappa shape index (κ2) is 6.76. The van der Waals surface area contributed by atoms with E-state index in [1.807, 2.05) is 0 Å². The predicted octanol–water partition coefficient (Wildman–Crippen LogP) is 2.23. The lowest BCUT2D eigenvalue weighted by Gasteiger charge is -2.13. The molecule has 0 aromatic heterocycles. The van der Waals surface area contributed by atoms with Crippen LogP contribution in [0.15, 0.2) is 18.2 Å². The number of carbonyl (C=O) groups is 2. The van der Waals surface area contributed by atoms with E-state index in [0.717, 1.165) is 6.07 Å². The number of rotatable bonds is 5. The number of halogens is 2. The summed E-state index contributed by atoms with van der Waals surface area (Å²) in [6, 6.07) is 3.69. The average Bonchev–Trinajstić information content (AvgIpc) is 2.89. The van der Waals surface area contributed by atoms with Crippen LogP contribution in [-0.4, -0.2) is 29.6 Å². The molecule has 1 aliphatic carbocycles. The minimum absolute atomic E-state index is 0.0759. The van der Waals surface area contributed by atoms with E-state index < -0.39 is 17.7 Å². The van der Waals surface area contributed by atoms with Gasteiger partial charge in [-0.1, -0.05) is 11.6 Å². The van der Waals surface area contributed by atoms with Gasteiger partial charge in [0.15, 0.2) is 6.61 Å². The Morgan fingerprint density at radius 2 is 2.19 bits per heavy atom. The van der Waals surface area contributed by atoms with E-state index >= 15 is 0 Å². The van der Waals surface area contributed by atoms with Gasteiger partial charge in [0.05, 0.1) is 10.9 Å². The molecule has 0 radical (unpaired) electrons. The second-order valence-corrected chi connectivity index (χ2v) is 5.38. The molecule has 21 heavy (non-hydrogen) atoms. The van der Waals surface area contributed by atoms with Crippen LogP contribution in [0.2, 0.25) is 5.02 Å². The molecule has 0 unspecified atom stereocenters. The van der Waals surface area contributed by atoms with Gasteiger partial charge in [-0.3, -0.25) is 9.59 Å². The normalized spacial score (nSPS) is 21.0. The zero-order valence-corrected chi connectivity index (χ0v) is 11.9. The van der Waals surface area contributed by atoms with Crippen molar-refractivity contribution in [1.29, 1.82) is 0 Å². The van der Waals surface area contributed by atoms with Crippen LogP contribution >= 0.6 is 11.6 Å². The van der Waals surface area contributed by atoms with Gasteiger partial charge in [-0.05, 0) is 31.4 Å². The van der Waals surface area contributed by atoms with E-state index in [-0.39, 0.29) is 23.6 Å². The lowest BCUT2D eigenvalue weighted by molar-refractivity contribution is -0.141. The van der Waals surface area contributed by atoms with E-state index in [2.05, 4.69) is 5.32 Å². The zero-order chi connectivity index (χ0) is 15.4. The van der Waals surface area contributed by atoms with E-state index in [0.29, 0.717) is 25.0 Å². The van der Waals surface area contributed by atoms with Crippen molar-refractivity contribution in [2.45, 2.75) is 25.3 Å². The lowest BCUT2D eigenvalue weighted by Crippen LogP contribution is -2.36. The highest BCUT2D eigenvalue weighted by Gasteiger charge is 2.30. The molecule has 0 spiro atoms. The molecule has 1 fully saturated rings. The molecule has 1 saturated carbocycles. The largest absolute Gasteiger partial charge is 0.484 e. The molecule has 0 saturated heterocycles. The Morgan fingerprint density at radius 3 is 2.81 bits per heavy atom. The number of carbonyl (C=O) groups excluding carboxylic acids is 1. The number of nitrogens with one attached hydrogen (secondary N) is 1. The van der Waals surface area contributed by atoms with Crippen LogP contribution in [0.25, 0.3) is 0 Å². The van der Waals surface area contributed by atoms with Gasteiger partial charge < -0.3 is 15.2 Å². The average molecular weight is 316 g/mol. The summed E-state index contributed by atoms with van der Waals surface area (Å²) in [5.41, 5.74) is 0. The minimum Gasteiger partial charge on any atom is -0.484 e. The van der Waals surface area contributed by atoms with Crippen molar-refractivity contribution in [2.75, 3.05) is 6.61 Å². The lowest BCUT2D eigenvalue weighted by atomic mass is 10.1. The Balaban J connectivity index is 1.77. The summed E-state index contributed by atoms with van der Waals surface area (Å²) >= 11 is 5.60. The van der Waals surface area contributed by atoms with Crippen LogP contribution in [0, 0.1) is 11.7 Å². The fourth-order valence-corrected chi connectivity index (χ4v) is 2.49. The van der Waals surface area contributed by atoms with Crippen LogP contribution in [-0.2, 0) is 9.59 Å². The summed E-state index contributed by atoms with van der Waals surface area (Å²) in [5, 5.41) is 11.5. The second-order valence-electron chi connectivity index (χ2n) is 4.98. The van der Waals surface area contributed by atoms with Crippen molar-refractivity contribution in [3.05, 3.63) is 29.0 Å². The van der Waals surface area contributed by atoms with Gasteiger partial charge in [0.2, 0.25) is 0 Å². The molecule has 0 aliphatic heterocycles. The van der Waals surface area contributed by atoms with Gasteiger partial charge in [-0.25, -0.2) is 4.39 Å². The Labute approximate surface area is 126 Å². The molecule has 2 atom stereocenters. The molecule has 2 rings (SSSR count). The summed E-state index contributed by atoms with van der Waals surface area (Å²) in [7, 11) is 0. The van der Waals surface area contributed by atoms with Crippen molar-refractivity contribution in [2.24, 2.45) is 5.92 Å². The third-order valence-electron chi connectivity index (χ3n) is 3.41. The number of aliphatic carboxylic acids is 1. The van der Waals surface area contributed by atoms with Gasteiger partial charge in [-0.2, -0.15) is 0 Å². The number of hydrogen-bond acceptors (Lipinski definition) is 3. The summed E-state index contributed by atoms with van der Waals surface area (Å²) < 4.78 is 18.2. The zero-order valence-electron chi connectivity index (χ0n) is 11.1. The first-order valence-corrected chi connectivity index (χ1v) is 6.93. The summed E-state index contributed by atoms with van der Waals surface area (Å²) in [4.78, 5) is 22.5. The van der Waals surface area contributed by atoms with Crippen molar-refractivity contribution in [3.8, 4) is 5.75 Å². The van der Waals surface area contributed by atoms with Crippen LogP contribution in [0.5, 0.6) is 5.75 Å². The van der Waals surface area contributed by atoms with Crippen LogP contribution in [0.1, 0.15) is 19.3 Å². The fourth-order valence-electron chi connectivity index (χ4n) is 2.32. The molecule has 0 bridgehead atoms. The monoisotopic (exact) mass is 315 g/mol. The Kier molecular flexibility index (Phi) is 5.01. The first-order chi connectivity index (χ1) is 9.95. The van der Waals surface area contributed by atoms with Crippen molar-refractivity contribution in [3.63, 3.8) is 0 Å². The van der Waals surface area contributed by atoms with Crippen molar-refractivity contribution < 1.29 is 23.8 Å². The first kappa shape index (κ1) is 15.6. The quantitative estimate of drug-likeness (QED) is 0.873. The van der Waals surface area contributed by atoms with Gasteiger partial charge in [0.1, 0.15) is 11.6 Å². The van der Waals surface area contributed by atoms with Gasteiger partial charge in [0, 0.05) is 12.1 Å². The van der Waals surface area contributed by atoms with Crippen LogP contribution in [0.4, 0.5) is 4.39 Å². The number of hydrogen-bond donors (Lipinski definition) is 2. The van der Waals surface area contributed by atoms with E-state index in [1.165, 1.54) is 12.1 Å². The first-order valence-electron chi connectivity index (χ1n) is 6.55. The topological polar surface area (TPSA) is 75.6 Å². The number of carboxylic acid groups (broad SMARTS) is 1. The van der Waals surface area contributed by atoms with E-state index in [4.69, 9.17) is 21.4 Å². The van der Waals surface area contributed by atoms with E-state index in [1.54, 1.807) is 0 Å². The van der Waals surface area contributed by atoms with Crippen molar-refractivity contribution in [1.82, 2.24) is 5.32 Å². The standard InChI is InChI=1S/C14H15ClFNO4/c15-11-6-10(3-4-12(11)16)21-7-13(18)17-9-2-1-8(5-9)14(19)20/h3-4,6,8-9H,1-2,5,7H2,(H,17,18)(H,19,20)/t8-,9+/m0/s1. The van der Waals surface area contributed by atoms with E-state index in [9.17, 15) is 14.0 Å². The fraction of sp³-hybridized carbons (Fsp3) is 0.429. The number of ether oxygens (including phenoxy) is 1. The number of benzene rings is 1. The Hall–Kier alpha value is -1.82. The van der Waals surface area contributed by atoms with Crippen LogP contribution in [0.3, 0.4) is 0 Å². The molecule has 7 heteroatoms. The van der Waals surface area contributed by atoms with Gasteiger partial charge in [-0.15, -0.1) is 0 Å². The molecule has 114 valence electrons. The predicted molar refractivity (Wildman–Crippen MR) is 73.8 cm³/mol. The highest BCUT2D eigenvalue weighted by molar-refractivity contribution is 6.30. The number of carboxylic acids is 1. The van der Waals surface area contributed by atoms with Gasteiger partial charge >= 0.3 is 5.97 Å². The molecule has 1 aromatic carbocycles. The molecule has 1 aromatic rings. The Bertz CT molecular complexity index is 552. The molecular weight excluding hydrogens is 301 g/mol.